The summed E-state index contributed by atoms with van der Waals surface area (Å²) in [6.45, 7) is 0. The summed E-state index contributed by atoms with van der Waals surface area (Å²) < 4.78 is 22.0. The van der Waals surface area contributed by atoms with Crippen LogP contribution in [0.4, 0.5) is 0 Å². The van der Waals surface area contributed by atoms with Gasteiger partial charge in [-0.15, -0.1) is 0 Å². The molecule has 0 N–H and O–H groups in total. The van der Waals surface area contributed by atoms with E-state index in [2.05, 4.69) is 15.9 Å². The predicted octanol–water partition coefficient (Wildman–Crippen LogP) is 3.12. The second-order valence-corrected chi connectivity index (χ2v) is 6.25. The van der Waals surface area contributed by atoms with Crippen LogP contribution in [0.2, 0.25) is 0 Å². The summed E-state index contributed by atoms with van der Waals surface area (Å²) in [7, 11) is -0.750. The molecule has 1 aromatic carbocycles. The van der Waals surface area contributed by atoms with E-state index in [0.29, 0.717) is 5.56 Å². The zero-order chi connectivity index (χ0) is 12.2. The van der Waals surface area contributed by atoms with Crippen molar-refractivity contribution < 1.29 is 18.4 Å². The fraction of sp³-hybridized carbons (Fsp3) is 0.300. The van der Waals surface area contributed by atoms with Gasteiger partial charge < -0.3 is 9.05 Å². The lowest BCUT2D eigenvalue weighted by Gasteiger charge is -2.12. The third-order valence-corrected chi connectivity index (χ3v) is 4.38. The predicted molar refractivity (Wildman–Crippen MR) is 65.0 cm³/mol. The molecule has 0 aliphatic rings. The van der Waals surface area contributed by atoms with Gasteiger partial charge in [0, 0.05) is 24.3 Å². The van der Waals surface area contributed by atoms with Gasteiger partial charge in [-0.3, -0.25) is 9.36 Å². The highest BCUT2D eigenvalue weighted by Gasteiger charge is 2.25. The first-order chi connectivity index (χ1) is 7.50. The highest BCUT2D eigenvalue weighted by Crippen LogP contribution is 2.46. The molecule has 0 fully saturated rings. The lowest BCUT2D eigenvalue weighted by Crippen LogP contribution is -2.08. The van der Waals surface area contributed by atoms with Crippen LogP contribution in [0, 0.1) is 0 Å². The Morgan fingerprint density at radius 2 is 1.75 bits per heavy atom. The molecule has 88 valence electrons. The van der Waals surface area contributed by atoms with Gasteiger partial charge >= 0.3 is 7.60 Å². The first-order valence-electron chi connectivity index (χ1n) is 4.50. The second-order valence-electron chi connectivity index (χ2n) is 3.06. The van der Waals surface area contributed by atoms with E-state index in [4.69, 9.17) is 9.05 Å². The number of carbonyl (C=O) groups is 1. The summed E-state index contributed by atoms with van der Waals surface area (Å²) in [5.41, 5.74) is 0.484. The van der Waals surface area contributed by atoms with Crippen molar-refractivity contribution in [3.05, 3.63) is 34.3 Å². The molecule has 0 unspecified atom stereocenters. The number of Topliss-reactive ketones (excluding diaryl/α,β-unsaturated/α-hetero) is 1. The molecule has 0 amide bonds. The van der Waals surface area contributed by atoms with Crippen molar-refractivity contribution in [1.82, 2.24) is 0 Å². The Hall–Kier alpha value is -0.480. The van der Waals surface area contributed by atoms with Gasteiger partial charge in [0.05, 0.1) is 0 Å². The third kappa shape index (κ3) is 3.52. The summed E-state index contributed by atoms with van der Waals surface area (Å²) in [4.78, 5) is 11.7. The molecule has 0 bridgehead atoms. The van der Waals surface area contributed by atoms with E-state index in [1.54, 1.807) is 24.3 Å². The Morgan fingerprint density at radius 1 is 1.25 bits per heavy atom. The fourth-order valence-corrected chi connectivity index (χ4v) is 2.31. The van der Waals surface area contributed by atoms with E-state index in [1.165, 1.54) is 14.2 Å². The minimum Gasteiger partial charge on any atom is -0.312 e. The maximum atomic E-state index is 11.7. The Balaban J connectivity index is 2.80. The Bertz CT molecular complexity index is 407. The van der Waals surface area contributed by atoms with Crippen molar-refractivity contribution >= 4 is 29.3 Å². The van der Waals surface area contributed by atoms with E-state index >= 15 is 0 Å². The molecule has 6 heteroatoms. The number of halogens is 1. The van der Waals surface area contributed by atoms with Crippen molar-refractivity contribution in [1.29, 1.82) is 0 Å². The van der Waals surface area contributed by atoms with Crippen molar-refractivity contribution in [2.45, 2.75) is 0 Å². The fourth-order valence-electron chi connectivity index (χ4n) is 1.11. The van der Waals surface area contributed by atoms with Gasteiger partial charge in [-0.1, -0.05) is 28.1 Å². The Labute approximate surface area is 103 Å². The average molecular weight is 307 g/mol. The summed E-state index contributed by atoms with van der Waals surface area (Å²) in [6.07, 6.45) is -0.248. The topological polar surface area (TPSA) is 52.6 Å². The molecule has 0 saturated heterocycles. The first-order valence-corrected chi connectivity index (χ1v) is 7.02. The van der Waals surface area contributed by atoms with Crippen LogP contribution in [0.3, 0.4) is 0 Å². The molecule has 0 saturated carbocycles. The van der Waals surface area contributed by atoms with Crippen LogP contribution in [0.1, 0.15) is 10.4 Å². The van der Waals surface area contributed by atoms with Gasteiger partial charge in [-0.05, 0) is 12.1 Å². The molecule has 1 aromatic rings. The summed E-state index contributed by atoms with van der Waals surface area (Å²) in [5, 5.41) is 0. The van der Waals surface area contributed by atoms with E-state index in [9.17, 15) is 9.36 Å². The van der Waals surface area contributed by atoms with Gasteiger partial charge in [0.15, 0.2) is 5.78 Å². The zero-order valence-electron chi connectivity index (χ0n) is 8.97. The van der Waals surface area contributed by atoms with E-state index in [1.807, 2.05) is 0 Å². The standard InChI is InChI=1S/C10H12BrO4P/c1-14-16(13,15-2)7-10(12)8-3-5-9(11)6-4-8/h3-6H,7H2,1-2H3. The Morgan fingerprint density at radius 3 is 2.19 bits per heavy atom. The monoisotopic (exact) mass is 306 g/mol. The van der Waals surface area contributed by atoms with Crippen LogP contribution < -0.4 is 0 Å². The number of hydrogen-bond acceptors (Lipinski definition) is 4. The summed E-state index contributed by atoms with van der Waals surface area (Å²) in [5.74, 6) is -0.264. The third-order valence-electron chi connectivity index (χ3n) is 2.06. The molecule has 1 rings (SSSR count). The smallest absolute Gasteiger partial charge is 0.312 e. The van der Waals surface area contributed by atoms with Crippen LogP contribution in [-0.4, -0.2) is 26.2 Å². The first kappa shape index (κ1) is 13.6. The Kier molecular flexibility index (Phi) is 4.87. The quantitative estimate of drug-likeness (QED) is 0.619. The van der Waals surface area contributed by atoms with Crippen molar-refractivity contribution in [2.75, 3.05) is 20.4 Å². The highest BCUT2D eigenvalue weighted by atomic mass is 79.9. The van der Waals surface area contributed by atoms with Gasteiger partial charge in [-0.25, -0.2) is 0 Å². The number of benzene rings is 1. The van der Waals surface area contributed by atoms with Crippen molar-refractivity contribution in [3.63, 3.8) is 0 Å². The van der Waals surface area contributed by atoms with Gasteiger partial charge in [0.25, 0.3) is 0 Å². The van der Waals surface area contributed by atoms with Crippen LogP contribution in [-0.2, 0) is 13.6 Å². The molecular weight excluding hydrogens is 295 g/mol. The summed E-state index contributed by atoms with van der Waals surface area (Å²) in [6, 6.07) is 6.81. The van der Waals surface area contributed by atoms with Crippen molar-refractivity contribution in [2.24, 2.45) is 0 Å². The largest absolute Gasteiger partial charge is 0.337 e. The maximum absolute atomic E-state index is 11.7. The zero-order valence-corrected chi connectivity index (χ0v) is 11.5. The average Bonchev–Trinajstić information content (AvgIpc) is 2.29. The molecule has 0 aliphatic carbocycles. The number of rotatable bonds is 5. The molecule has 0 heterocycles. The number of hydrogen-bond donors (Lipinski definition) is 0. The van der Waals surface area contributed by atoms with E-state index in [-0.39, 0.29) is 11.9 Å². The normalized spacial score (nSPS) is 11.4. The van der Waals surface area contributed by atoms with E-state index < -0.39 is 7.60 Å². The molecule has 0 spiro atoms. The number of carbonyl (C=O) groups excluding carboxylic acids is 1. The van der Waals surface area contributed by atoms with Gasteiger partial charge in [0.2, 0.25) is 0 Å². The molecular formula is C10H12BrO4P. The molecule has 16 heavy (non-hydrogen) atoms. The lowest BCUT2D eigenvalue weighted by atomic mass is 10.2. The minimum absolute atomic E-state index is 0.248. The van der Waals surface area contributed by atoms with Crippen molar-refractivity contribution in [3.8, 4) is 0 Å². The van der Waals surface area contributed by atoms with Crippen LogP contribution in [0.15, 0.2) is 28.7 Å². The second kappa shape index (κ2) is 5.73. The highest BCUT2D eigenvalue weighted by molar-refractivity contribution is 9.10. The number of ketones is 1. The minimum atomic E-state index is -3.28. The van der Waals surface area contributed by atoms with Crippen LogP contribution >= 0.6 is 23.5 Å². The lowest BCUT2D eigenvalue weighted by molar-refractivity contribution is 0.101. The molecule has 0 atom stereocenters. The van der Waals surface area contributed by atoms with Gasteiger partial charge in [-0.2, -0.15) is 0 Å². The maximum Gasteiger partial charge on any atom is 0.337 e. The molecule has 4 nitrogen and oxygen atoms in total. The summed E-state index contributed by atoms with van der Waals surface area (Å²) >= 11 is 3.27. The molecule has 0 radical (unpaired) electrons. The molecule has 0 aromatic heterocycles. The van der Waals surface area contributed by atoms with Crippen LogP contribution in [0.5, 0.6) is 0 Å². The van der Waals surface area contributed by atoms with Gasteiger partial charge in [0.1, 0.15) is 6.16 Å². The van der Waals surface area contributed by atoms with E-state index in [0.717, 1.165) is 4.47 Å². The van der Waals surface area contributed by atoms with Crippen LogP contribution in [0.25, 0.3) is 0 Å². The molecule has 0 aliphatic heterocycles. The SMILES string of the molecule is COP(=O)(CC(=O)c1ccc(Br)cc1)OC.